The van der Waals surface area contributed by atoms with E-state index in [2.05, 4.69) is 0 Å². The maximum Gasteiger partial charge on any atom is 0.320 e. The number of benzene rings is 1. The molecule has 0 amide bonds. The molecule has 3 nitrogen and oxygen atoms in total. The number of ether oxygens (including phenoxy) is 1. The Bertz CT molecular complexity index is 431. The normalized spacial score (nSPS) is 11.6. The second-order valence-electron chi connectivity index (χ2n) is 3.28. The molecule has 1 aromatic carbocycles. The van der Waals surface area contributed by atoms with Crippen molar-refractivity contribution < 1.29 is 9.53 Å². The maximum absolute atomic E-state index is 11.6. The lowest BCUT2D eigenvalue weighted by molar-refractivity contribution is -0.142. The zero-order chi connectivity index (χ0) is 12.7. The maximum atomic E-state index is 11.6. The molecule has 0 aliphatic heterocycles. The summed E-state index contributed by atoms with van der Waals surface area (Å²) in [5.41, 5.74) is 0.915. The van der Waals surface area contributed by atoms with Gasteiger partial charge in [0.05, 0.1) is 6.61 Å². The van der Waals surface area contributed by atoms with Crippen molar-refractivity contribution in [1.29, 1.82) is 5.26 Å². The van der Waals surface area contributed by atoms with Crippen molar-refractivity contribution in [3.63, 3.8) is 0 Å². The number of thiocyanates is 1. The van der Waals surface area contributed by atoms with Gasteiger partial charge in [-0.05, 0) is 42.8 Å². The SMILES string of the molecule is CCOC(=O)[C@@H](Cc1cccc(Cl)c1)SC#N. The van der Waals surface area contributed by atoms with Crippen molar-refractivity contribution in [3.8, 4) is 5.40 Å². The van der Waals surface area contributed by atoms with Crippen LogP contribution in [0.1, 0.15) is 12.5 Å². The number of nitriles is 1. The van der Waals surface area contributed by atoms with E-state index in [1.54, 1.807) is 19.1 Å². The summed E-state index contributed by atoms with van der Waals surface area (Å²) in [6.45, 7) is 2.06. The summed E-state index contributed by atoms with van der Waals surface area (Å²) >= 11 is 6.77. The summed E-state index contributed by atoms with van der Waals surface area (Å²) in [4.78, 5) is 11.6. The van der Waals surface area contributed by atoms with Crippen LogP contribution in [0, 0.1) is 10.7 Å². The number of thioether (sulfide) groups is 1. The molecule has 5 heteroatoms. The van der Waals surface area contributed by atoms with E-state index in [4.69, 9.17) is 21.6 Å². The average Bonchev–Trinajstić information content (AvgIpc) is 2.29. The molecular formula is C12H12ClNO2S. The highest BCUT2D eigenvalue weighted by Gasteiger charge is 2.21. The fourth-order valence-electron chi connectivity index (χ4n) is 1.35. The highest BCUT2D eigenvalue weighted by molar-refractivity contribution is 8.04. The topological polar surface area (TPSA) is 50.1 Å². The van der Waals surface area contributed by atoms with Crippen molar-refractivity contribution in [3.05, 3.63) is 34.9 Å². The Labute approximate surface area is 110 Å². The molecule has 0 saturated heterocycles. The number of carbonyl (C=O) groups excluding carboxylic acids is 1. The summed E-state index contributed by atoms with van der Waals surface area (Å²) in [6.07, 6.45) is 0.442. The van der Waals surface area contributed by atoms with Crippen LogP contribution >= 0.6 is 23.4 Å². The number of hydrogen-bond acceptors (Lipinski definition) is 4. The third-order valence-corrected chi connectivity index (χ3v) is 3.04. The first kappa shape index (κ1) is 13.9. The molecule has 1 atom stereocenters. The Kier molecular flexibility index (Phi) is 5.88. The van der Waals surface area contributed by atoms with Crippen molar-refractivity contribution in [2.45, 2.75) is 18.6 Å². The minimum Gasteiger partial charge on any atom is -0.465 e. The molecule has 0 saturated carbocycles. The van der Waals surface area contributed by atoms with E-state index in [1.807, 2.05) is 17.5 Å². The van der Waals surface area contributed by atoms with Gasteiger partial charge < -0.3 is 4.74 Å². The molecule has 0 aromatic heterocycles. The van der Waals surface area contributed by atoms with Crippen LogP contribution in [0.4, 0.5) is 0 Å². The molecule has 90 valence electrons. The van der Waals surface area contributed by atoms with Crippen molar-refractivity contribution >= 4 is 29.3 Å². The quantitative estimate of drug-likeness (QED) is 0.609. The van der Waals surface area contributed by atoms with E-state index >= 15 is 0 Å². The van der Waals surface area contributed by atoms with Gasteiger partial charge in [-0.2, -0.15) is 5.26 Å². The van der Waals surface area contributed by atoms with Gasteiger partial charge in [0.2, 0.25) is 0 Å². The van der Waals surface area contributed by atoms with E-state index < -0.39 is 5.25 Å². The Morgan fingerprint density at radius 2 is 2.41 bits per heavy atom. The van der Waals surface area contributed by atoms with E-state index in [0.29, 0.717) is 18.1 Å². The molecule has 0 N–H and O–H groups in total. The summed E-state index contributed by atoms with van der Waals surface area (Å²) in [7, 11) is 0. The third kappa shape index (κ3) is 4.68. The van der Waals surface area contributed by atoms with Crippen molar-refractivity contribution in [2.24, 2.45) is 0 Å². The molecule has 0 heterocycles. The zero-order valence-corrected chi connectivity index (χ0v) is 10.9. The highest BCUT2D eigenvalue weighted by atomic mass is 35.5. The van der Waals surface area contributed by atoms with Crippen LogP contribution in [-0.4, -0.2) is 17.8 Å². The second kappa shape index (κ2) is 7.21. The minimum absolute atomic E-state index is 0.316. The highest BCUT2D eigenvalue weighted by Crippen LogP contribution is 2.19. The first-order valence-corrected chi connectivity index (χ1v) is 6.39. The lowest BCUT2D eigenvalue weighted by atomic mass is 10.1. The summed E-state index contributed by atoms with van der Waals surface area (Å²) < 4.78 is 4.92. The van der Waals surface area contributed by atoms with Gasteiger partial charge in [0.25, 0.3) is 0 Å². The molecule has 0 fully saturated rings. The Morgan fingerprint density at radius 1 is 1.65 bits per heavy atom. The standard InChI is InChI=1S/C12H12ClNO2S/c1-2-16-12(15)11(17-8-14)7-9-4-3-5-10(13)6-9/h3-6,11H,2,7H2,1H3/t11-/m1/s1. The van der Waals surface area contributed by atoms with Crippen LogP contribution in [0.3, 0.4) is 0 Å². The van der Waals surface area contributed by atoms with E-state index in [1.165, 1.54) is 0 Å². The van der Waals surface area contributed by atoms with E-state index in [-0.39, 0.29) is 5.97 Å². The predicted molar refractivity (Wildman–Crippen MR) is 68.8 cm³/mol. The number of rotatable bonds is 5. The number of hydrogen-bond donors (Lipinski definition) is 0. The van der Waals surface area contributed by atoms with Gasteiger partial charge >= 0.3 is 5.97 Å². The van der Waals surface area contributed by atoms with Crippen LogP contribution < -0.4 is 0 Å². The number of esters is 1. The fraction of sp³-hybridized carbons (Fsp3) is 0.333. The Balaban J connectivity index is 2.73. The third-order valence-electron chi connectivity index (χ3n) is 2.05. The first-order valence-electron chi connectivity index (χ1n) is 5.13. The molecule has 17 heavy (non-hydrogen) atoms. The number of nitrogens with zero attached hydrogens (tertiary/aromatic N) is 1. The van der Waals surface area contributed by atoms with Gasteiger partial charge in [0, 0.05) is 5.02 Å². The van der Waals surface area contributed by atoms with Crippen LogP contribution in [-0.2, 0) is 16.0 Å². The molecule has 0 radical (unpaired) electrons. The lowest BCUT2D eigenvalue weighted by Crippen LogP contribution is -2.22. The summed E-state index contributed by atoms with van der Waals surface area (Å²) in [5, 5.41) is 10.7. The predicted octanol–water partition coefficient (Wildman–Crippen LogP) is 3.03. The van der Waals surface area contributed by atoms with Crippen LogP contribution in [0.5, 0.6) is 0 Å². The molecule has 0 bridgehead atoms. The monoisotopic (exact) mass is 269 g/mol. The zero-order valence-electron chi connectivity index (χ0n) is 9.35. The molecule has 0 aliphatic carbocycles. The lowest BCUT2D eigenvalue weighted by Gasteiger charge is -2.11. The average molecular weight is 270 g/mol. The van der Waals surface area contributed by atoms with Gasteiger partial charge in [-0.25, -0.2) is 0 Å². The molecule has 0 spiro atoms. The molecule has 1 aromatic rings. The molecule has 0 unspecified atom stereocenters. The fourth-order valence-corrected chi connectivity index (χ4v) is 2.13. The van der Waals surface area contributed by atoms with Gasteiger partial charge in [-0.15, -0.1) is 0 Å². The Morgan fingerprint density at radius 3 is 3.00 bits per heavy atom. The van der Waals surface area contributed by atoms with Crippen LogP contribution in [0.25, 0.3) is 0 Å². The smallest absolute Gasteiger partial charge is 0.320 e. The Hall–Kier alpha value is -1.18. The molecule has 1 rings (SSSR count). The van der Waals surface area contributed by atoms with Gasteiger partial charge in [-0.3, -0.25) is 4.79 Å². The van der Waals surface area contributed by atoms with Crippen molar-refractivity contribution in [1.82, 2.24) is 0 Å². The molecular weight excluding hydrogens is 258 g/mol. The number of carbonyl (C=O) groups is 1. The van der Waals surface area contributed by atoms with E-state index in [9.17, 15) is 4.79 Å². The van der Waals surface area contributed by atoms with Gasteiger partial charge in [0.1, 0.15) is 10.7 Å². The summed E-state index contributed by atoms with van der Waals surface area (Å²) in [6, 6.07) is 7.24. The van der Waals surface area contributed by atoms with E-state index in [0.717, 1.165) is 17.3 Å². The molecule has 0 aliphatic rings. The first-order chi connectivity index (χ1) is 8.17. The second-order valence-corrected chi connectivity index (χ2v) is 4.71. The van der Waals surface area contributed by atoms with Gasteiger partial charge in [-0.1, -0.05) is 23.7 Å². The van der Waals surface area contributed by atoms with Gasteiger partial charge in [0.15, 0.2) is 0 Å². The summed E-state index contributed by atoms with van der Waals surface area (Å²) in [5.74, 6) is -0.362. The van der Waals surface area contributed by atoms with Crippen LogP contribution in [0.2, 0.25) is 5.02 Å². The number of halogens is 1. The minimum atomic E-state index is -0.501. The van der Waals surface area contributed by atoms with Crippen molar-refractivity contribution in [2.75, 3.05) is 6.61 Å². The largest absolute Gasteiger partial charge is 0.465 e. The van der Waals surface area contributed by atoms with Crippen LogP contribution in [0.15, 0.2) is 24.3 Å².